The summed E-state index contributed by atoms with van der Waals surface area (Å²) in [6.07, 6.45) is 5.65. The Morgan fingerprint density at radius 3 is 2.60 bits per heavy atom. The lowest BCUT2D eigenvalue weighted by molar-refractivity contribution is 0.414. The second kappa shape index (κ2) is 9.11. The van der Waals surface area contributed by atoms with Gasteiger partial charge in [0.05, 0.1) is 11.8 Å². The molecule has 0 unspecified atom stereocenters. The van der Waals surface area contributed by atoms with E-state index in [0.717, 1.165) is 25.6 Å². The molecule has 1 aromatic carbocycles. The SMILES string of the molecule is Cl.Cl.Oc1cc(-c2c[nH]nc2F)ccc1-c1cnc(N2CCN[C@@H](C3CC3)C2)nn1. The lowest BCUT2D eigenvalue weighted by atomic mass is 10.0. The first-order chi connectivity index (χ1) is 13.7. The van der Waals surface area contributed by atoms with Crippen molar-refractivity contribution in [1.82, 2.24) is 30.7 Å². The van der Waals surface area contributed by atoms with E-state index in [9.17, 15) is 9.50 Å². The number of anilines is 1. The third-order valence-electron chi connectivity index (χ3n) is 5.41. The first-order valence-electron chi connectivity index (χ1n) is 9.40. The first kappa shape index (κ1) is 22.2. The minimum absolute atomic E-state index is 0. The average Bonchev–Trinajstić information content (AvgIpc) is 3.49. The molecule has 1 saturated heterocycles. The van der Waals surface area contributed by atoms with Crippen molar-refractivity contribution in [3.05, 3.63) is 36.5 Å². The molecule has 0 spiro atoms. The van der Waals surface area contributed by atoms with E-state index in [1.165, 1.54) is 25.1 Å². The molecule has 3 heterocycles. The molecular weight excluding hydrogens is 432 g/mol. The highest BCUT2D eigenvalue weighted by molar-refractivity contribution is 5.85. The summed E-state index contributed by atoms with van der Waals surface area (Å²) in [7, 11) is 0. The summed E-state index contributed by atoms with van der Waals surface area (Å²) < 4.78 is 13.6. The summed E-state index contributed by atoms with van der Waals surface area (Å²) in [6, 6.07) is 5.36. The Hall–Kier alpha value is -2.49. The Labute approximate surface area is 185 Å². The zero-order valence-corrected chi connectivity index (χ0v) is 17.6. The largest absolute Gasteiger partial charge is 0.507 e. The second-order valence-corrected chi connectivity index (χ2v) is 7.31. The number of benzene rings is 1. The van der Waals surface area contributed by atoms with E-state index in [1.807, 2.05) is 0 Å². The summed E-state index contributed by atoms with van der Waals surface area (Å²) in [6.45, 7) is 2.65. The molecule has 1 atom stereocenters. The molecule has 0 amide bonds. The third kappa shape index (κ3) is 4.33. The molecule has 3 N–H and O–H groups in total. The highest BCUT2D eigenvalue weighted by atomic mass is 35.5. The number of nitrogens with one attached hydrogen (secondary N) is 2. The number of nitrogens with zero attached hydrogens (tertiary/aromatic N) is 5. The highest BCUT2D eigenvalue weighted by Crippen LogP contribution is 2.35. The third-order valence-corrected chi connectivity index (χ3v) is 5.41. The average molecular weight is 454 g/mol. The van der Waals surface area contributed by atoms with Crippen molar-refractivity contribution < 1.29 is 9.50 Å². The van der Waals surface area contributed by atoms with Gasteiger partial charge in [0, 0.05) is 37.4 Å². The van der Waals surface area contributed by atoms with E-state index < -0.39 is 5.95 Å². The molecule has 1 aliphatic carbocycles. The summed E-state index contributed by atoms with van der Waals surface area (Å²) in [5.41, 5.74) is 1.78. The zero-order valence-electron chi connectivity index (χ0n) is 16.0. The summed E-state index contributed by atoms with van der Waals surface area (Å²) in [5.74, 6) is 0.745. The number of aromatic hydroxyl groups is 1. The topological polar surface area (TPSA) is 103 Å². The molecule has 2 aromatic heterocycles. The molecule has 3 aromatic rings. The van der Waals surface area contributed by atoms with Crippen LogP contribution in [0.15, 0.2) is 30.6 Å². The molecule has 30 heavy (non-hydrogen) atoms. The van der Waals surface area contributed by atoms with Crippen LogP contribution >= 0.6 is 24.8 Å². The van der Waals surface area contributed by atoms with Crippen LogP contribution in [0.4, 0.5) is 10.3 Å². The van der Waals surface area contributed by atoms with Gasteiger partial charge in [0.25, 0.3) is 0 Å². The summed E-state index contributed by atoms with van der Waals surface area (Å²) in [5, 5.41) is 28.4. The molecule has 2 fully saturated rings. The van der Waals surface area contributed by atoms with Crippen LogP contribution in [0, 0.1) is 11.9 Å². The quantitative estimate of drug-likeness (QED) is 0.557. The van der Waals surface area contributed by atoms with Gasteiger partial charge < -0.3 is 15.3 Å². The van der Waals surface area contributed by atoms with Gasteiger partial charge in [-0.1, -0.05) is 6.07 Å². The number of phenolic OH excluding ortho intramolecular Hbond substituents is 1. The van der Waals surface area contributed by atoms with E-state index in [2.05, 4.69) is 35.6 Å². The number of hydrogen-bond acceptors (Lipinski definition) is 7. The van der Waals surface area contributed by atoms with E-state index in [0.29, 0.717) is 34.4 Å². The molecule has 5 rings (SSSR count). The van der Waals surface area contributed by atoms with Crippen molar-refractivity contribution in [3.63, 3.8) is 0 Å². The second-order valence-electron chi connectivity index (χ2n) is 7.31. The predicted octanol–water partition coefficient (Wildman–Crippen LogP) is 2.81. The van der Waals surface area contributed by atoms with E-state index >= 15 is 0 Å². The van der Waals surface area contributed by atoms with Crippen molar-refractivity contribution in [2.75, 3.05) is 24.5 Å². The van der Waals surface area contributed by atoms with Gasteiger partial charge in [-0.3, -0.25) is 5.10 Å². The maximum atomic E-state index is 13.6. The smallest absolute Gasteiger partial charge is 0.245 e. The highest BCUT2D eigenvalue weighted by Gasteiger charge is 2.34. The fraction of sp³-hybridized carbons (Fsp3) is 0.368. The van der Waals surface area contributed by atoms with Gasteiger partial charge in [-0.15, -0.1) is 40.1 Å². The van der Waals surface area contributed by atoms with Gasteiger partial charge in [-0.2, -0.15) is 4.39 Å². The molecule has 0 bridgehead atoms. The van der Waals surface area contributed by atoms with Crippen molar-refractivity contribution in [3.8, 4) is 28.1 Å². The van der Waals surface area contributed by atoms with Crippen molar-refractivity contribution in [2.45, 2.75) is 18.9 Å². The Kier molecular flexibility index (Phi) is 6.74. The van der Waals surface area contributed by atoms with Gasteiger partial charge in [0.15, 0.2) is 0 Å². The number of hydrogen-bond donors (Lipinski definition) is 3. The fourth-order valence-electron chi connectivity index (χ4n) is 3.70. The Morgan fingerprint density at radius 1 is 1.13 bits per heavy atom. The lowest BCUT2D eigenvalue weighted by Crippen LogP contribution is -2.52. The number of aromatic nitrogens is 5. The van der Waals surface area contributed by atoms with Crippen molar-refractivity contribution in [1.29, 1.82) is 0 Å². The number of phenols is 1. The van der Waals surface area contributed by atoms with Gasteiger partial charge in [0.2, 0.25) is 11.9 Å². The van der Waals surface area contributed by atoms with Crippen LogP contribution in [0.1, 0.15) is 12.8 Å². The monoisotopic (exact) mass is 453 g/mol. The molecular formula is C19H22Cl2FN7O. The molecule has 2 aliphatic rings. The van der Waals surface area contributed by atoms with Crippen molar-refractivity contribution >= 4 is 30.8 Å². The standard InChI is InChI=1S/C19H20FN7O.2ClH/c20-18-14(8-23-25-18)12-3-4-13(17(28)7-12)15-9-22-19(26-24-15)27-6-5-21-16(10-27)11-1-2-11;;/h3-4,7-9,11,16,21,28H,1-2,5-6,10H2,(H,23,25);2*1H/t16-;;/m1../s1. The number of halogens is 3. The number of rotatable bonds is 4. The van der Waals surface area contributed by atoms with E-state index in [-0.39, 0.29) is 30.6 Å². The summed E-state index contributed by atoms with van der Waals surface area (Å²) >= 11 is 0. The maximum Gasteiger partial charge on any atom is 0.245 e. The number of piperazine rings is 1. The van der Waals surface area contributed by atoms with Gasteiger partial charge in [-0.25, -0.2) is 4.98 Å². The number of H-pyrrole nitrogens is 1. The van der Waals surface area contributed by atoms with Gasteiger partial charge in [-0.05, 0) is 36.5 Å². The van der Waals surface area contributed by atoms with Crippen LogP contribution in [-0.2, 0) is 0 Å². The molecule has 1 aliphatic heterocycles. The van der Waals surface area contributed by atoms with Crippen LogP contribution in [0.2, 0.25) is 0 Å². The van der Waals surface area contributed by atoms with Crippen LogP contribution in [0.25, 0.3) is 22.4 Å². The fourth-order valence-corrected chi connectivity index (χ4v) is 3.70. The van der Waals surface area contributed by atoms with Gasteiger partial charge >= 0.3 is 0 Å². The lowest BCUT2D eigenvalue weighted by Gasteiger charge is -2.33. The zero-order chi connectivity index (χ0) is 19.1. The molecule has 8 nitrogen and oxygen atoms in total. The molecule has 0 radical (unpaired) electrons. The van der Waals surface area contributed by atoms with Crippen LogP contribution < -0.4 is 10.2 Å². The Morgan fingerprint density at radius 2 is 1.97 bits per heavy atom. The molecule has 1 saturated carbocycles. The first-order valence-corrected chi connectivity index (χ1v) is 9.40. The van der Waals surface area contributed by atoms with Crippen LogP contribution in [0.3, 0.4) is 0 Å². The minimum atomic E-state index is -0.613. The van der Waals surface area contributed by atoms with E-state index in [4.69, 9.17) is 0 Å². The Balaban J connectivity index is 0.00000128. The van der Waals surface area contributed by atoms with Crippen molar-refractivity contribution in [2.24, 2.45) is 5.92 Å². The molecule has 11 heteroatoms. The van der Waals surface area contributed by atoms with Crippen LogP contribution in [0.5, 0.6) is 5.75 Å². The predicted molar refractivity (Wildman–Crippen MR) is 116 cm³/mol. The Bertz CT molecular complexity index is 997. The van der Waals surface area contributed by atoms with Crippen LogP contribution in [-0.4, -0.2) is 56.2 Å². The molecule has 160 valence electrons. The summed E-state index contributed by atoms with van der Waals surface area (Å²) in [4.78, 5) is 6.61. The number of aromatic amines is 1. The minimum Gasteiger partial charge on any atom is -0.507 e. The van der Waals surface area contributed by atoms with E-state index in [1.54, 1.807) is 18.3 Å². The maximum absolute atomic E-state index is 13.6. The normalized spacial score (nSPS) is 18.4. The van der Waals surface area contributed by atoms with Gasteiger partial charge in [0.1, 0.15) is 11.4 Å².